The number of halogens is 1. The van der Waals surface area contributed by atoms with Gasteiger partial charge in [-0.2, -0.15) is 5.10 Å². The van der Waals surface area contributed by atoms with E-state index < -0.39 is 0 Å². The van der Waals surface area contributed by atoms with Gasteiger partial charge in [-0.25, -0.2) is 0 Å². The Morgan fingerprint density at radius 2 is 1.72 bits per heavy atom. The lowest BCUT2D eigenvalue weighted by Crippen LogP contribution is -2.48. The normalized spacial score (nSPS) is 18.6. The van der Waals surface area contributed by atoms with Gasteiger partial charge in [0.1, 0.15) is 0 Å². The first kappa shape index (κ1) is 20.0. The SMILES string of the molecule is O=C(NC1CCN(C(=O)C2CCCCC2)CC1)c1cn[nH]c1-c1ccc(Cl)cc1. The largest absolute Gasteiger partial charge is 0.349 e. The zero-order valence-corrected chi connectivity index (χ0v) is 17.3. The number of aromatic amines is 1. The molecular formula is C22H27ClN4O2. The van der Waals surface area contributed by atoms with Crippen LogP contribution in [-0.4, -0.2) is 46.0 Å². The summed E-state index contributed by atoms with van der Waals surface area (Å²) in [5, 5.41) is 10.7. The topological polar surface area (TPSA) is 78.1 Å². The third-order valence-electron chi connectivity index (χ3n) is 6.11. The first-order chi connectivity index (χ1) is 14.1. The van der Waals surface area contributed by atoms with E-state index >= 15 is 0 Å². The molecule has 4 rings (SSSR count). The van der Waals surface area contributed by atoms with Gasteiger partial charge in [0.2, 0.25) is 5.91 Å². The van der Waals surface area contributed by atoms with Crippen molar-refractivity contribution in [3.8, 4) is 11.3 Å². The molecule has 1 aromatic carbocycles. The van der Waals surface area contributed by atoms with E-state index in [0.717, 1.165) is 44.3 Å². The Morgan fingerprint density at radius 3 is 2.41 bits per heavy atom. The lowest BCUT2D eigenvalue weighted by molar-refractivity contribution is -0.137. The number of nitrogens with one attached hydrogen (secondary N) is 2. The van der Waals surface area contributed by atoms with Gasteiger partial charge in [-0.15, -0.1) is 0 Å². The molecule has 2 N–H and O–H groups in total. The number of H-pyrrole nitrogens is 1. The highest BCUT2D eigenvalue weighted by Gasteiger charge is 2.30. The zero-order chi connectivity index (χ0) is 20.2. The summed E-state index contributed by atoms with van der Waals surface area (Å²) in [4.78, 5) is 27.5. The fraction of sp³-hybridized carbons (Fsp3) is 0.500. The van der Waals surface area contributed by atoms with E-state index in [1.165, 1.54) is 19.3 Å². The number of hydrogen-bond acceptors (Lipinski definition) is 3. The van der Waals surface area contributed by atoms with Crippen LogP contribution in [-0.2, 0) is 4.79 Å². The molecule has 0 atom stereocenters. The van der Waals surface area contributed by atoms with E-state index in [4.69, 9.17) is 11.6 Å². The summed E-state index contributed by atoms with van der Waals surface area (Å²) in [7, 11) is 0. The van der Waals surface area contributed by atoms with Gasteiger partial charge < -0.3 is 10.2 Å². The van der Waals surface area contributed by atoms with E-state index in [2.05, 4.69) is 15.5 Å². The predicted octanol–water partition coefficient (Wildman–Crippen LogP) is 4.03. The average molecular weight is 415 g/mol. The highest BCUT2D eigenvalue weighted by atomic mass is 35.5. The molecule has 0 unspecified atom stereocenters. The number of carbonyl (C=O) groups is 2. The Hall–Kier alpha value is -2.34. The average Bonchev–Trinajstić information content (AvgIpc) is 3.25. The molecule has 6 nitrogen and oxygen atoms in total. The van der Waals surface area contributed by atoms with Crippen molar-refractivity contribution in [2.75, 3.05) is 13.1 Å². The molecular weight excluding hydrogens is 388 g/mol. The van der Waals surface area contributed by atoms with Gasteiger partial charge >= 0.3 is 0 Å². The van der Waals surface area contributed by atoms with Gasteiger partial charge in [0.15, 0.2) is 0 Å². The lowest BCUT2D eigenvalue weighted by atomic mass is 9.87. The molecule has 0 spiro atoms. The maximum atomic E-state index is 12.8. The summed E-state index contributed by atoms with van der Waals surface area (Å²) < 4.78 is 0. The molecule has 1 aliphatic carbocycles. The number of nitrogens with zero attached hydrogens (tertiary/aromatic N) is 2. The minimum absolute atomic E-state index is 0.0749. The van der Waals surface area contributed by atoms with Crippen molar-refractivity contribution in [1.29, 1.82) is 0 Å². The van der Waals surface area contributed by atoms with E-state index in [1.807, 2.05) is 17.0 Å². The number of carbonyl (C=O) groups excluding carboxylic acids is 2. The van der Waals surface area contributed by atoms with Crippen LogP contribution in [0, 0.1) is 5.92 Å². The first-order valence-corrected chi connectivity index (χ1v) is 10.9. The summed E-state index contributed by atoms with van der Waals surface area (Å²) in [6.45, 7) is 1.44. The third-order valence-corrected chi connectivity index (χ3v) is 6.37. The molecule has 0 bridgehead atoms. The van der Waals surface area contributed by atoms with Crippen molar-refractivity contribution in [3.63, 3.8) is 0 Å². The summed E-state index contributed by atoms with van der Waals surface area (Å²) in [5.74, 6) is 0.387. The minimum Gasteiger partial charge on any atom is -0.349 e. The molecule has 7 heteroatoms. The molecule has 2 aliphatic rings. The molecule has 154 valence electrons. The van der Waals surface area contributed by atoms with Crippen LogP contribution in [0.4, 0.5) is 0 Å². The van der Waals surface area contributed by atoms with Crippen LogP contribution >= 0.6 is 11.6 Å². The Morgan fingerprint density at radius 1 is 1.03 bits per heavy atom. The molecule has 1 aromatic heterocycles. The highest BCUT2D eigenvalue weighted by molar-refractivity contribution is 6.30. The molecule has 1 aliphatic heterocycles. The number of aromatic nitrogens is 2. The van der Waals surface area contributed by atoms with Crippen LogP contribution in [0.15, 0.2) is 30.5 Å². The second kappa shape index (κ2) is 8.99. The fourth-order valence-corrected chi connectivity index (χ4v) is 4.54. The van der Waals surface area contributed by atoms with Gasteiger partial charge in [-0.3, -0.25) is 14.7 Å². The first-order valence-electron chi connectivity index (χ1n) is 10.5. The van der Waals surface area contributed by atoms with E-state index in [1.54, 1.807) is 18.3 Å². The van der Waals surface area contributed by atoms with E-state index in [9.17, 15) is 9.59 Å². The molecule has 1 saturated heterocycles. The van der Waals surface area contributed by atoms with Crippen LogP contribution in [0.5, 0.6) is 0 Å². The number of amides is 2. The fourth-order valence-electron chi connectivity index (χ4n) is 4.41. The van der Waals surface area contributed by atoms with Crippen LogP contribution in [0.3, 0.4) is 0 Å². The second-order valence-electron chi connectivity index (χ2n) is 8.07. The molecule has 0 radical (unpaired) electrons. The van der Waals surface area contributed by atoms with Crippen molar-refractivity contribution < 1.29 is 9.59 Å². The summed E-state index contributed by atoms with van der Waals surface area (Å²) in [6.07, 6.45) is 8.79. The number of benzene rings is 1. The maximum absolute atomic E-state index is 12.8. The second-order valence-corrected chi connectivity index (χ2v) is 8.51. The zero-order valence-electron chi connectivity index (χ0n) is 16.5. The number of piperidine rings is 1. The highest BCUT2D eigenvalue weighted by Crippen LogP contribution is 2.27. The Bertz CT molecular complexity index is 850. The lowest BCUT2D eigenvalue weighted by Gasteiger charge is -2.35. The van der Waals surface area contributed by atoms with E-state index in [-0.39, 0.29) is 17.9 Å². The van der Waals surface area contributed by atoms with Crippen molar-refractivity contribution in [2.24, 2.45) is 5.92 Å². The summed E-state index contributed by atoms with van der Waals surface area (Å²) in [5.41, 5.74) is 2.07. The van der Waals surface area contributed by atoms with Gasteiger partial charge in [0.05, 0.1) is 17.5 Å². The van der Waals surface area contributed by atoms with Gasteiger partial charge in [-0.1, -0.05) is 43.0 Å². The van der Waals surface area contributed by atoms with Crippen molar-refractivity contribution in [3.05, 3.63) is 41.0 Å². The Labute approximate surface area is 176 Å². The molecule has 29 heavy (non-hydrogen) atoms. The molecule has 2 heterocycles. The van der Waals surface area contributed by atoms with Crippen LogP contribution in [0.1, 0.15) is 55.3 Å². The van der Waals surface area contributed by atoms with Crippen LogP contribution in [0.25, 0.3) is 11.3 Å². The van der Waals surface area contributed by atoms with Crippen molar-refractivity contribution >= 4 is 23.4 Å². The Kier molecular flexibility index (Phi) is 6.19. The van der Waals surface area contributed by atoms with E-state index in [0.29, 0.717) is 22.2 Å². The molecule has 2 amide bonds. The predicted molar refractivity (Wildman–Crippen MR) is 113 cm³/mol. The third kappa shape index (κ3) is 4.64. The smallest absolute Gasteiger partial charge is 0.255 e. The van der Waals surface area contributed by atoms with Crippen LogP contribution < -0.4 is 5.32 Å². The molecule has 1 saturated carbocycles. The number of likely N-dealkylation sites (tertiary alicyclic amines) is 1. The standard InChI is InChI=1S/C22H27ClN4O2/c23-17-8-6-15(7-9-17)20-19(14-24-26-20)21(28)25-18-10-12-27(13-11-18)22(29)16-4-2-1-3-5-16/h6-9,14,16,18H,1-5,10-13H2,(H,24,26)(H,25,28). The molecule has 2 fully saturated rings. The van der Waals surface area contributed by atoms with Crippen LogP contribution in [0.2, 0.25) is 5.02 Å². The minimum atomic E-state index is -0.138. The van der Waals surface area contributed by atoms with Gasteiger partial charge in [0.25, 0.3) is 5.91 Å². The van der Waals surface area contributed by atoms with Gasteiger partial charge in [0, 0.05) is 35.6 Å². The van der Waals surface area contributed by atoms with Crippen molar-refractivity contribution in [2.45, 2.75) is 51.0 Å². The summed E-state index contributed by atoms with van der Waals surface area (Å²) >= 11 is 5.95. The molecule has 2 aromatic rings. The van der Waals surface area contributed by atoms with Gasteiger partial charge in [-0.05, 0) is 37.8 Å². The summed E-state index contributed by atoms with van der Waals surface area (Å²) in [6, 6.07) is 7.38. The maximum Gasteiger partial charge on any atom is 0.255 e. The quantitative estimate of drug-likeness (QED) is 0.792. The number of hydrogen-bond donors (Lipinski definition) is 2. The number of rotatable bonds is 4. The Balaban J connectivity index is 1.33. The monoisotopic (exact) mass is 414 g/mol. The van der Waals surface area contributed by atoms with Crippen molar-refractivity contribution in [1.82, 2.24) is 20.4 Å².